The topological polar surface area (TPSA) is 75.6 Å². The molecule has 2 N–H and O–H groups in total. The highest BCUT2D eigenvalue weighted by Gasteiger charge is 2.30. The minimum atomic E-state index is -4.43. The number of benzene rings is 1. The summed E-state index contributed by atoms with van der Waals surface area (Å²) in [4.78, 5) is 22.5. The third-order valence-corrected chi connectivity index (χ3v) is 3.08. The quantitative estimate of drug-likeness (QED) is 0.767. The van der Waals surface area contributed by atoms with Gasteiger partial charge < -0.3 is 15.2 Å². The number of halogens is 3. The predicted molar refractivity (Wildman–Crippen MR) is 76.0 cm³/mol. The lowest BCUT2D eigenvalue weighted by Crippen LogP contribution is -2.35. The van der Waals surface area contributed by atoms with Crippen LogP contribution in [0.5, 0.6) is 5.75 Å². The first-order chi connectivity index (χ1) is 10.7. The molecule has 1 aromatic rings. The fraction of sp³-hybridized carbons (Fsp3) is 0.467. The fourth-order valence-corrected chi connectivity index (χ4v) is 1.84. The van der Waals surface area contributed by atoms with E-state index in [1.807, 2.05) is 6.92 Å². The summed E-state index contributed by atoms with van der Waals surface area (Å²) < 4.78 is 42.2. The van der Waals surface area contributed by atoms with Crippen LogP contribution in [0.4, 0.5) is 13.2 Å². The molecule has 0 aliphatic heterocycles. The van der Waals surface area contributed by atoms with Crippen LogP contribution in [0.15, 0.2) is 24.3 Å². The van der Waals surface area contributed by atoms with E-state index < -0.39 is 36.1 Å². The van der Waals surface area contributed by atoms with Gasteiger partial charge in [0.1, 0.15) is 5.75 Å². The van der Waals surface area contributed by atoms with Crippen molar-refractivity contribution >= 4 is 11.9 Å². The molecule has 128 valence electrons. The first-order valence-electron chi connectivity index (χ1n) is 7.03. The monoisotopic (exact) mass is 333 g/mol. The fourth-order valence-electron chi connectivity index (χ4n) is 1.84. The lowest BCUT2D eigenvalue weighted by molar-refractivity contribution is -0.142. The molecule has 0 fully saturated rings. The van der Waals surface area contributed by atoms with Crippen molar-refractivity contribution in [2.24, 2.45) is 5.92 Å². The molecule has 0 aromatic heterocycles. The van der Waals surface area contributed by atoms with Crippen molar-refractivity contribution in [1.82, 2.24) is 5.32 Å². The molecule has 0 aliphatic carbocycles. The van der Waals surface area contributed by atoms with Crippen LogP contribution in [0, 0.1) is 5.92 Å². The van der Waals surface area contributed by atoms with Gasteiger partial charge in [-0.15, -0.1) is 0 Å². The van der Waals surface area contributed by atoms with Crippen LogP contribution in [0.2, 0.25) is 0 Å². The van der Waals surface area contributed by atoms with E-state index in [4.69, 9.17) is 9.84 Å². The minimum absolute atomic E-state index is 0.0155. The van der Waals surface area contributed by atoms with Gasteiger partial charge in [-0.05, 0) is 30.7 Å². The van der Waals surface area contributed by atoms with E-state index in [9.17, 15) is 22.8 Å². The Bertz CT molecular complexity index is 529. The number of carboxylic acid groups (broad SMARTS) is 1. The summed E-state index contributed by atoms with van der Waals surface area (Å²) in [6.07, 6.45) is -3.31. The second-order valence-corrected chi connectivity index (χ2v) is 4.94. The van der Waals surface area contributed by atoms with E-state index in [1.54, 1.807) is 0 Å². The maximum Gasteiger partial charge on any atom is 0.416 e. The van der Waals surface area contributed by atoms with E-state index in [0.717, 1.165) is 24.3 Å². The molecule has 1 unspecified atom stereocenters. The molecular formula is C15H18F3NO4. The number of rotatable bonds is 8. The second-order valence-electron chi connectivity index (χ2n) is 4.94. The number of aliphatic carboxylic acids is 1. The third kappa shape index (κ3) is 6.58. The van der Waals surface area contributed by atoms with Gasteiger partial charge in [-0.25, -0.2) is 0 Å². The average Bonchev–Trinajstić information content (AvgIpc) is 2.48. The Morgan fingerprint density at radius 3 is 2.35 bits per heavy atom. The highest BCUT2D eigenvalue weighted by atomic mass is 19.4. The number of carboxylic acids is 1. The van der Waals surface area contributed by atoms with Crippen molar-refractivity contribution in [3.63, 3.8) is 0 Å². The Morgan fingerprint density at radius 2 is 1.87 bits per heavy atom. The largest absolute Gasteiger partial charge is 0.484 e. The summed E-state index contributed by atoms with van der Waals surface area (Å²) in [5, 5.41) is 11.4. The van der Waals surface area contributed by atoms with Crippen LogP contribution in [-0.2, 0) is 15.8 Å². The zero-order chi connectivity index (χ0) is 17.5. The molecule has 1 amide bonds. The molecule has 0 saturated carbocycles. The Hall–Kier alpha value is -2.25. The predicted octanol–water partition coefficient (Wildman–Crippen LogP) is 2.70. The number of hydrogen-bond donors (Lipinski definition) is 2. The highest BCUT2D eigenvalue weighted by Crippen LogP contribution is 2.30. The van der Waals surface area contributed by atoms with Crippen LogP contribution in [0.3, 0.4) is 0 Å². The standard InChI is InChI=1S/C15H18F3NO4/c1-2-3-10(14(21)22)8-19-13(20)9-23-12-6-4-11(5-7-12)15(16,17)18/h4-7,10H,2-3,8-9H2,1H3,(H,19,20)(H,21,22). The first kappa shape index (κ1) is 18.8. The lowest BCUT2D eigenvalue weighted by Gasteiger charge is -2.13. The highest BCUT2D eigenvalue weighted by molar-refractivity contribution is 5.78. The Labute approximate surface area is 131 Å². The number of carbonyl (C=O) groups is 2. The summed E-state index contributed by atoms with van der Waals surface area (Å²) >= 11 is 0. The molecule has 0 heterocycles. The number of ether oxygens (including phenoxy) is 1. The van der Waals surface area contributed by atoms with Crippen LogP contribution in [0.25, 0.3) is 0 Å². The number of alkyl halides is 3. The molecule has 23 heavy (non-hydrogen) atoms. The molecule has 0 radical (unpaired) electrons. The van der Waals surface area contributed by atoms with E-state index in [1.165, 1.54) is 0 Å². The average molecular weight is 333 g/mol. The van der Waals surface area contributed by atoms with Gasteiger partial charge in [-0.2, -0.15) is 13.2 Å². The lowest BCUT2D eigenvalue weighted by atomic mass is 10.0. The smallest absolute Gasteiger partial charge is 0.416 e. The molecule has 1 rings (SSSR count). The zero-order valence-electron chi connectivity index (χ0n) is 12.5. The maximum atomic E-state index is 12.4. The molecule has 0 spiro atoms. The van der Waals surface area contributed by atoms with Crippen molar-refractivity contribution in [2.75, 3.05) is 13.2 Å². The molecule has 1 aromatic carbocycles. The minimum Gasteiger partial charge on any atom is -0.484 e. The van der Waals surface area contributed by atoms with Gasteiger partial charge in [-0.3, -0.25) is 9.59 Å². The van der Waals surface area contributed by atoms with Gasteiger partial charge in [-0.1, -0.05) is 13.3 Å². The number of carbonyl (C=O) groups excluding carboxylic acids is 1. The number of hydrogen-bond acceptors (Lipinski definition) is 3. The SMILES string of the molecule is CCCC(CNC(=O)COc1ccc(C(F)(F)F)cc1)C(=O)O. The van der Waals surface area contributed by atoms with E-state index in [0.29, 0.717) is 12.8 Å². The summed E-state index contributed by atoms with van der Waals surface area (Å²) in [5.74, 6) is -2.07. The second kappa shape index (κ2) is 8.40. The van der Waals surface area contributed by atoms with E-state index in [-0.39, 0.29) is 12.3 Å². The number of nitrogens with one attached hydrogen (secondary N) is 1. The first-order valence-corrected chi connectivity index (χ1v) is 7.03. The Morgan fingerprint density at radius 1 is 1.26 bits per heavy atom. The van der Waals surface area contributed by atoms with Crippen LogP contribution in [0.1, 0.15) is 25.3 Å². The van der Waals surface area contributed by atoms with E-state index >= 15 is 0 Å². The molecule has 5 nitrogen and oxygen atoms in total. The molecule has 8 heteroatoms. The van der Waals surface area contributed by atoms with Crippen molar-refractivity contribution in [3.8, 4) is 5.75 Å². The third-order valence-electron chi connectivity index (χ3n) is 3.08. The molecule has 1 atom stereocenters. The van der Waals surface area contributed by atoms with Gasteiger partial charge in [0.25, 0.3) is 5.91 Å². The van der Waals surface area contributed by atoms with Crippen LogP contribution >= 0.6 is 0 Å². The van der Waals surface area contributed by atoms with E-state index in [2.05, 4.69) is 5.32 Å². The van der Waals surface area contributed by atoms with Crippen molar-refractivity contribution in [1.29, 1.82) is 0 Å². The van der Waals surface area contributed by atoms with Gasteiger partial charge in [0.2, 0.25) is 0 Å². The van der Waals surface area contributed by atoms with Crippen LogP contribution < -0.4 is 10.1 Å². The van der Waals surface area contributed by atoms with Crippen LogP contribution in [-0.4, -0.2) is 30.1 Å². The van der Waals surface area contributed by atoms with Crippen molar-refractivity contribution < 1.29 is 32.6 Å². The number of amides is 1. The van der Waals surface area contributed by atoms with Gasteiger partial charge in [0.15, 0.2) is 6.61 Å². The Kier molecular flexibility index (Phi) is 6.87. The molecule has 0 bridgehead atoms. The van der Waals surface area contributed by atoms with Gasteiger partial charge in [0.05, 0.1) is 11.5 Å². The summed E-state index contributed by atoms with van der Waals surface area (Å²) in [5.41, 5.74) is -0.807. The van der Waals surface area contributed by atoms with Gasteiger partial charge in [0, 0.05) is 6.54 Å². The molecular weight excluding hydrogens is 315 g/mol. The summed E-state index contributed by atoms with van der Waals surface area (Å²) in [6.45, 7) is 1.42. The maximum absolute atomic E-state index is 12.4. The Balaban J connectivity index is 2.42. The normalized spacial score (nSPS) is 12.5. The van der Waals surface area contributed by atoms with Crippen molar-refractivity contribution in [2.45, 2.75) is 25.9 Å². The van der Waals surface area contributed by atoms with Crippen molar-refractivity contribution in [3.05, 3.63) is 29.8 Å². The summed E-state index contributed by atoms with van der Waals surface area (Å²) in [7, 11) is 0. The molecule has 0 aliphatic rings. The molecule has 0 saturated heterocycles. The van der Waals surface area contributed by atoms with Gasteiger partial charge >= 0.3 is 12.1 Å². The zero-order valence-corrected chi connectivity index (χ0v) is 12.5. The summed E-state index contributed by atoms with van der Waals surface area (Å²) in [6, 6.07) is 3.95.